The Bertz CT molecular complexity index is 1060. The summed E-state index contributed by atoms with van der Waals surface area (Å²) in [5, 5.41) is 18.1. The number of benzene rings is 2. The van der Waals surface area contributed by atoms with Crippen molar-refractivity contribution >= 4 is 22.5 Å². The number of fused-ring (bicyclic) bond motifs is 1. The molecule has 0 spiro atoms. The van der Waals surface area contributed by atoms with Crippen molar-refractivity contribution in [2.75, 3.05) is 12.4 Å². The Morgan fingerprint density at radius 1 is 1.11 bits per heavy atom. The topological polar surface area (TPSA) is 87.6 Å². The lowest BCUT2D eigenvalue weighted by Gasteiger charge is -2.04. The maximum Gasteiger partial charge on any atom is 0.276 e. The van der Waals surface area contributed by atoms with Gasteiger partial charge in [0.05, 0.1) is 23.9 Å². The van der Waals surface area contributed by atoms with E-state index in [2.05, 4.69) is 50.2 Å². The first-order chi connectivity index (χ1) is 13.2. The molecule has 0 saturated heterocycles. The van der Waals surface area contributed by atoms with Crippen molar-refractivity contribution in [2.24, 2.45) is 0 Å². The lowest BCUT2D eigenvalue weighted by atomic mass is 10.1. The van der Waals surface area contributed by atoms with Crippen LogP contribution in [0.3, 0.4) is 0 Å². The second-order valence-electron chi connectivity index (χ2n) is 6.35. The standard InChI is InChI=1S/C20H20N6O/c1-21-10-14-6-8-15(9-7-14)12-26-13-16(11-22-26)23-20(27)19-17-4-2-3-5-18(17)24-25-19/h2-9,11,13,21H,10,12H2,1H3,(H,23,27)(H,24,25). The highest BCUT2D eigenvalue weighted by atomic mass is 16.2. The fraction of sp³-hybridized carbons (Fsp3) is 0.150. The van der Waals surface area contributed by atoms with E-state index in [1.807, 2.05) is 37.5 Å². The van der Waals surface area contributed by atoms with Gasteiger partial charge in [0.2, 0.25) is 0 Å². The van der Waals surface area contributed by atoms with Gasteiger partial charge in [-0.1, -0.05) is 42.5 Å². The van der Waals surface area contributed by atoms with Gasteiger partial charge in [-0.05, 0) is 24.2 Å². The minimum Gasteiger partial charge on any atom is -0.318 e. The van der Waals surface area contributed by atoms with Gasteiger partial charge in [-0.15, -0.1) is 0 Å². The molecule has 7 nitrogen and oxygen atoms in total. The van der Waals surface area contributed by atoms with Crippen LogP contribution in [0.4, 0.5) is 5.69 Å². The lowest BCUT2D eigenvalue weighted by molar-refractivity contribution is 0.102. The van der Waals surface area contributed by atoms with Gasteiger partial charge in [-0.25, -0.2) is 0 Å². The molecule has 4 aromatic rings. The van der Waals surface area contributed by atoms with E-state index >= 15 is 0 Å². The Labute approximate surface area is 156 Å². The third kappa shape index (κ3) is 3.73. The summed E-state index contributed by atoms with van der Waals surface area (Å²) in [5.74, 6) is -0.261. The molecular weight excluding hydrogens is 340 g/mol. The molecule has 0 aliphatic carbocycles. The normalized spacial score (nSPS) is 11.0. The van der Waals surface area contributed by atoms with E-state index in [0.29, 0.717) is 17.9 Å². The molecule has 0 atom stereocenters. The van der Waals surface area contributed by atoms with Crippen LogP contribution in [0.2, 0.25) is 0 Å². The number of aromatic amines is 1. The Morgan fingerprint density at radius 2 is 1.89 bits per heavy atom. The van der Waals surface area contributed by atoms with Crippen LogP contribution in [0, 0.1) is 0 Å². The molecule has 0 saturated carbocycles. The lowest BCUT2D eigenvalue weighted by Crippen LogP contribution is -2.12. The number of aromatic nitrogens is 4. The monoisotopic (exact) mass is 360 g/mol. The zero-order valence-corrected chi connectivity index (χ0v) is 14.9. The molecule has 0 aliphatic heterocycles. The summed E-state index contributed by atoms with van der Waals surface area (Å²) in [7, 11) is 1.93. The average Bonchev–Trinajstić information content (AvgIpc) is 3.30. The first-order valence-corrected chi connectivity index (χ1v) is 8.72. The molecule has 2 aromatic heterocycles. The summed E-state index contributed by atoms with van der Waals surface area (Å²) in [4.78, 5) is 12.5. The van der Waals surface area contributed by atoms with Crippen molar-refractivity contribution in [1.29, 1.82) is 0 Å². The van der Waals surface area contributed by atoms with Crippen LogP contribution in [0.5, 0.6) is 0 Å². The molecule has 1 amide bonds. The van der Waals surface area contributed by atoms with Crippen molar-refractivity contribution in [1.82, 2.24) is 25.3 Å². The summed E-state index contributed by atoms with van der Waals surface area (Å²) in [6.07, 6.45) is 3.45. The van der Waals surface area contributed by atoms with Crippen LogP contribution in [-0.4, -0.2) is 32.9 Å². The van der Waals surface area contributed by atoms with Crippen LogP contribution in [0.25, 0.3) is 10.9 Å². The number of nitrogens with zero attached hydrogens (tertiary/aromatic N) is 3. The van der Waals surface area contributed by atoms with E-state index in [4.69, 9.17) is 0 Å². The molecule has 27 heavy (non-hydrogen) atoms. The summed E-state index contributed by atoms with van der Waals surface area (Å²) in [5.41, 5.74) is 4.23. The summed E-state index contributed by atoms with van der Waals surface area (Å²) in [6.45, 7) is 1.49. The second kappa shape index (κ2) is 7.43. The molecule has 0 radical (unpaired) electrons. The van der Waals surface area contributed by atoms with Gasteiger partial charge in [0.25, 0.3) is 5.91 Å². The summed E-state index contributed by atoms with van der Waals surface area (Å²) >= 11 is 0. The molecule has 0 fully saturated rings. The number of nitrogens with one attached hydrogen (secondary N) is 3. The summed E-state index contributed by atoms with van der Waals surface area (Å²) in [6, 6.07) is 15.9. The highest BCUT2D eigenvalue weighted by molar-refractivity contribution is 6.10. The van der Waals surface area contributed by atoms with Crippen LogP contribution in [-0.2, 0) is 13.1 Å². The largest absolute Gasteiger partial charge is 0.318 e. The molecular formula is C20H20N6O. The maximum atomic E-state index is 12.5. The molecule has 0 unspecified atom stereocenters. The molecule has 2 heterocycles. The Kier molecular flexibility index (Phi) is 4.67. The molecule has 3 N–H and O–H groups in total. The second-order valence-corrected chi connectivity index (χ2v) is 6.35. The van der Waals surface area contributed by atoms with Crippen molar-refractivity contribution < 1.29 is 4.79 Å². The van der Waals surface area contributed by atoms with Crippen LogP contribution in [0.15, 0.2) is 60.9 Å². The SMILES string of the molecule is CNCc1ccc(Cn2cc(NC(=O)c3n[nH]c4ccccc34)cn2)cc1. The highest BCUT2D eigenvalue weighted by Crippen LogP contribution is 2.17. The van der Waals surface area contributed by atoms with Crippen molar-refractivity contribution in [3.8, 4) is 0 Å². The molecule has 136 valence electrons. The molecule has 2 aromatic carbocycles. The van der Waals surface area contributed by atoms with E-state index in [1.54, 1.807) is 10.9 Å². The minimum atomic E-state index is -0.261. The number of H-pyrrole nitrogens is 1. The first kappa shape index (κ1) is 17.0. The van der Waals surface area contributed by atoms with Gasteiger partial charge in [0, 0.05) is 18.1 Å². The minimum absolute atomic E-state index is 0.261. The number of carbonyl (C=O) groups is 1. The zero-order valence-electron chi connectivity index (χ0n) is 14.9. The number of anilines is 1. The van der Waals surface area contributed by atoms with E-state index in [0.717, 1.165) is 23.0 Å². The maximum absolute atomic E-state index is 12.5. The average molecular weight is 360 g/mol. The molecule has 4 rings (SSSR count). The van der Waals surface area contributed by atoms with E-state index in [-0.39, 0.29) is 5.91 Å². The van der Waals surface area contributed by atoms with Gasteiger partial charge in [0.1, 0.15) is 0 Å². The fourth-order valence-corrected chi connectivity index (χ4v) is 3.00. The van der Waals surface area contributed by atoms with E-state index in [1.165, 1.54) is 5.56 Å². The Hall–Kier alpha value is -3.45. The predicted molar refractivity (Wildman–Crippen MR) is 105 cm³/mol. The number of amides is 1. The molecule has 0 aliphatic rings. The van der Waals surface area contributed by atoms with Gasteiger partial charge >= 0.3 is 0 Å². The first-order valence-electron chi connectivity index (χ1n) is 8.72. The number of para-hydroxylation sites is 1. The van der Waals surface area contributed by atoms with Crippen molar-refractivity contribution in [2.45, 2.75) is 13.1 Å². The van der Waals surface area contributed by atoms with Gasteiger partial charge < -0.3 is 10.6 Å². The van der Waals surface area contributed by atoms with Crippen molar-refractivity contribution in [3.63, 3.8) is 0 Å². The highest BCUT2D eigenvalue weighted by Gasteiger charge is 2.14. The quantitative estimate of drug-likeness (QED) is 0.493. The van der Waals surface area contributed by atoms with Crippen LogP contribution < -0.4 is 10.6 Å². The predicted octanol–water partition coefficient (Wildman–Crippen LogP) is 2.78. The third-order valence-corrected chi connectivity index (χ3v) is 4.32. The number of carbonyl (C=O) groups excluding carboxylic acids is 1. The Morgan fingerprint density at radius 3 is 2.70 bits per heavy atom. The molecule has 7 heteroatoms. The fourth-order valence-electron chi connectivity index (χ4n) is 3.00. The van der Waals surface area contributed by atoms with E-state index < -0.39 is 0 Å². The number of hydrogen-bond acceptors (Lipinski definition) is 4. The van der Waals surface area contributed by atoms with Crippen LogP contribution in [0.1, 0.15) is 21.6 Å². The molecule has 0 bridgehead atoms. The van der Waals surface area contributed by atoms with Gasteiger partial charge in [-0.3, -0.25) is 14.6 Å². The van der Waals surface area contributed by atoms with Crippen LogP contribution >= 0.6 is 0 Å². The summed E-state index contributed by atoms with van der Waals surface area (Å²) < 4.78 is 1.80. The Balaban J connectivity index is 1.44. The van der Waals surface area contributed by atoms with E-state index in [9.17, 15) is 4.79 Å². The van der Waals surface area contributed by atoms with Gasteiger partial charge in [-0.2, -0.15) is 10.2 Å². The zero-order chi connectivity index (χ0) is 18.6. The number of hydrogen-bond donors (Lipinski definition) is 3. The number of rotatable bonds is 6. The van der Waals surface area contributed by atoms with Gasteiger partial charge in [0.15, 0.2) is 5.69 Å². The third-order valence-electron chi connectivity index (χ3n) is 4.32. The van der Waals surface area contributed by atoms with Crippen molar-refractivity contribution in [3.05, 3.63) is 77.7 Å². The smallest absolute Gasteiger partial charge is 0.276 e.